The maximum Gasteiger partial charge on any atom is 0.288 e. The van der Waals surface area contributed by atoms with E-state index in [2.05, 4.69) is 10.6 Å². The second kappa shape index (κ2) is 7.22. The number of carbonyl (C=O) groups excluding carboxylic acids is 1. The lowest BCUT2D eigenvalue weighted by Gasteiger charge is -2.27. The minimum Gasteiger partial charge on any atom is -0.325 e. The molecule has 1 fully saturated rings. The van der Waals surface area contributed by atoms with Crippen LogP contribution in [0.5, 0.6) is 0 Å². The fourth-order valence-electron chi connectivity index (χ4n) is 2.77. The Morgan fingerprint density at radius 1 is 1.48 bits per heavy atom. The van der Waals surface area contributed by atoms with Gasteiger partial charge < -0.3 is 10.6 Å². The number of halogens is 2. The number of anilines is 1. The number of alkyl halides is 2. The van der Waals surface area contributed by atoms with Crippen LogP contribution in [0.25, 0.3) is 0 Å². The molecule has 1 aromatic rings. The van der Waals surface area contributed by atoms with Crippen molar-refractivity contribution in [1.82, 2.24) is 5.32 Å². The van der Waals surface area contributed by atoms with Crippen LogP contribution in [0.4, 0.5) is 14.5 Å². The van der Waals surface area contributed by atoms with Gasteiger partial charge in [-0.25, -0.2) is 0 Å². The zero-order valence-corrected chi connectivity index (χ0v) is 12.8. The van der Waals surface area contributed by atoms with Gasteiger partial charge in [-0.3, -0.25) is 4.79 Å². The lowest BCUT2D eigenvalue weighted by Crippen LogP contribution is -2.38. The number of amides is 1. The zero-order chi connectivity index (χ0) is 15.3. The number of hydrogen-bond donors (Lipinski definition) is 2. The molecule has 1 amide bonds. The fraction of sp³-hybridized carbons (Fsp3) is 0.533. The summed E-state index contributed by atoms with van der Waals surface area (Å²) in [5.74, 6) is -2.57. The van der Waals surface area contributed by atoms with E-state index >= 15 is 0 Å². The van der Waals surface area contributed by atoms with Crippen molar-refractivity contribution in [3.05, 3.63) is 24.3 Å². The van der Waals surface area contributed by atoms with Gasteiger partial charge in [0.2, 0.25) is 5.91 Å². The molecule has 0 radical (unpaired) electrons. The second-order valence-electron chi connectivity index (χ2n) is 5.29. The van der Waals surface area contributed by atoms with E-state index in [0.29, 0.717) is 28.9 Å². The smallest absolute Gasteiger partial charge is 0.288 e. The molecule has 1 aliphatic heterocycles. The van der Waals surface area contributed by atoms with Crippen molar-refractivity contribution in [3.8, 4) is 0 Å². The van der Waals surface area contributed by atoms with Gasteiger partial charge in [-0.2, -0.15) is 8.78 Å². The number of rotatable bonds is 6. The number of para-hydroxylation sites is 1. The highest BCUT2D eigenvalue weighted by molar-refractivity contribution is 7.99. The van der Waals surface area contributed by atoms with E-state index in [1.807, 2.05) is 6.92 Å². The number of thioether (sulfide) groups is 1. The average Bonchev–Trinajstić information content (AvgIpc) is 2.91. The third-order valence-corrected chi connectivity index (χ3v) is 4.59. The molecule has 0 aromatic heterocycles. The molecule has 3 nitrogen and oxygen atoms in total. The van der Waals surface area contributed by atoms with Gasteiger partial charge in [0.25, 0.3) is 5.76 Å². The van der Waals surface area contributed by atoms with E-state index < -0.39 is 11.2 Å². The molecule has 0 bridgehead atoms. The van der Waals surface area contributed by atoms with Crippen LogP contribution in [0.3, 0.4) is 0 Å². The van der Waals surface area contributed by atoms with Crippen LogP contribution in [0.2, 0.25) is 0 Å². The maximum atomic E-state index is 12.6. The number of nitrogens with one attached hydrogen (secondary N) is 2. The third kappa shape index (κ3) is 3.95. The van der Waals surface area contributed by atoms with Crippen molar-refractivity contribution < 1.29 is 13.6 Å². The first-order chi connectivity index (χ1) is 10.1. The predicted molar refractivity (Wildman–Crippen MR) is 81.8 cm³/mol. The SMILES string of the molecule is CCCC1(C(=O)Nc2ccccc2SC(F)F)CCNC1. The standard InChI is InChI=1S/C15H20F2N2OS/c1-2-7-15(8-9-18-10-15)13(20)19-11-5-3-4-6-12(11)21-14(16)17/h3-6,14,18H,2,7-10H2,1H3,(H,19,20). The van der Waals surface area contributed by atoms with E-state index in [1.165, 1.54) is 0 Å². The molecule has 1 aromatic carbocycles. The third-order valence-electron chi connectivity index (χ3n) is 3.81. The number of carbonyl (C=O) groups is 1. The molecule has 0 saturated carbocycles. The topological polar surface area (TPSA) is 41.1 Å². The van der Waals surface area contributed by atoms with Gasteiger partial charge >= 0.3 is 0 Å². The van der Waals surface area contributed by atoms with Crippen molar-refractivity contribution in [2.24, 2.45) is 5.41 Å². The fourth-order valence-corrected chi connectivity index (χ4v) is 3.36. The van der Waals surface area contributed by atoms with Crippen LogP contribution in [0, 0.1) is 5.41 Å². The summed E-state index contributed by atoms with van der Waals surface area (Å²) in [6, 6.07) is 6.71. The first-order valence-corrected chi connectivity index (χ1v) is 8.01. The Hall–Kier alpha value is -1.14. The summed E-state index contributed by atoms with van der Waals surface area (Å²) in [6.45, 7) is 3.52. The molecular weight excluding hydrogens is 294 g/mol. The van der Waals surface area contributed by atoms with Crippen molar-refractivity contribution in [3.63, 3.8) is 0 Å². The summed E-state index contributed by atoms with van der Waals surface area (Å²) in [6.07, 6.45) is 2.51. The monoisotopic (exact) mass is 314 g/mol. The summed E-state index contributed by atoms with van der Waals surface area (Å²) >= 11 is 0.458. The molecule has 0 aliphatic carbocycles. The van der Waals surface area contributed by atoms with Crippen molar-refractivity contribution >= 4 is 23.4 Å². The molecule has 6 heteroatoms. The Bertz CT molecular complexity index is 490. The van der Waals surface area contributed by atoms with Crippen molar-refractivity contribution in [2.45, 2.75) is 36.8 Å². The average molecular weight is 314 g/mol. The maximum absolute atomic E-state index is 12.6. The van der Waals surface area contributed by atoms with Crippen molar-refractivity contribution in [1.29, 1.82) is 0 Å². The Kier molecular flexibility index (Phi) is 5.58. The van der Waals surface area contributed by atoms with Gasteiger partial charge in [0.05, 0.1) is 11.1 Å². The quantitative estimate of drug-likeness (QED) is 0.786. The Labute approximate surface area is 127 Å². The van der Waals surface area contributed by atoms with Crippen LogP contribution in [0.1, 0.15) is 26.2 Å². The largest absolute Gasteiger partial charge is 0.325 e. The molecule has 2 N–H and O–H groups in total. The lowest BCUT2D eigenvalue weighted by molar-refractivity contribution is -0.125. The molecule has 116 valence electrons. The van der Waals surface area contributed by atoms with E-state index in [1.54, 1.807) is 24.3 Å². The van der Waals surface area contributed by atoms with Crippen molar-refractivity contribution in [2.75, 3.05) is 18.4 Å². The molecule has 1 atom stereocenters. The van der Waals surface area contributed by atoms with Gasteiger partial charge in [0, 0.05) is 11.4 Å². The van der Waals surface area contributed by atoms with E-state index in [0.717, 1.165) is 25.8 Å². The molecule has 1 unspecified atom stereocenters. The molecule has 1 saturated heterocycles. The van der Waals surface area contributed by atoms with Crippen LogP contribution >= 0.6 is 11.8 Å². The zero-order valence-electron chi connectivity index (χ0n) is 12.0. The summed E-state index contributed by atoms with van der Waals surface area (Å²) in [5.41, 5.74) is 0.0485. The summed E-state index contributed by atoms with van der Waals surface area (Å²) in [7, 11) is 0. The van der Waals surface area contributed by atoms with Crippen LogP contribution < -0.4 is 10.6 Å². The Morgan fingerprint density at radius 2 is 2.24 bits per heavy atom. The number of hydrogen-bond acceptors (Lipinski definition) is 3. The van der Waals surface area contributed by atoms with Gasteiger partial charge in [0.15, 0.2) is 0 Å². The minimum atomic E-state index is -2.50. The highest BCUT2D eigenvalue weighted by atomic mass is 32.2. The van der Waals surface area contributed by atoms with Crippen LogP contribution in [-0.2, 0) is 4.79 Å². The Balaban J connectivity index is 2.15. The number of benzene rings is 1. The van der Waals surface area contributed by atoms with E-state index in [4.69, 9.17) is 0 Å². The highest BCUT2D eigenvalue weighted by Gasteiger charge is 2.40. The normalized spacial score (nSPS) is 21.7. The highest BCUT2D eigenvalue weighted by Crippen LogP contribution is 2.35. The van der Waals surface area contributed by atoms with Crippen LogP contribution in [0.15, 0.2) is 29.2 Å². The van der Waals surface area contributed by atoms with Gasteiger partial charge in [0.1, 0.15) is 0 Å². The molecule has 1 aliphatic rings. The minimum absolute atomic E-state index is 0.0725. The second-order valence-corrected chi connectivity index (χ2v) is 6.32. The molecular formula is C15H20F2N2OS. The van der Waals surface area contributed by atoms with Gasteiger partial charge in [-0.1, -0.05) is 37.2 Å². The Morgan fingerprint density at radius 3 is 2.86 bits per heavy atom. The van der Waals surface area contributed by atoms with Crippen LogP contribution in [-0.4, -0.2) is 24.8 Å². The van der Waals surface area contributed by atoms with E-state index in [9.17, 15) is 13.6 Å². The molecule has 1 heterocycles. The molecule has 0 spiro atoms. The first-order valence-electron chi connectivity index (χ1n) is 7.13. The van der Waals surface area contributed by atoms with Gasteiger partial charge in [-0.15, -0.1) is 0 Å². The molecule has 2 rings (SSSR count). The molecule has 21 heavy (non-hydrogen) atoms. The summed E-state index contributed by atoms with van der Waals surface area (Å²) < 4.78 is 25.2. The van der Waals surface area contributed by atoms with E-state index in [-0.39, 0.29) is 5.91 Å². The summed E-state index contributed by atoms with van der Waals surface area (Å²) in [5, 5.41) is 6.08. The summed E-state index contributed by atoms with van der Waals surface area (Å²) in [4.78, 5) is 13.0. The first kappa shape index (κ1) is 16.2. The predicted octanol–water partition coefficient (Wildman–Crippen LogP) is 3.72. The van der Waals surface area contributed by atoms with Gasteiger partial charge in [-0.05, 0) is 31.5 Å². The lowest BCUT2D eigenvalue weighted by atomic mass is 9.81.